The highest BCUT2D eigenvalue weighted by molar-refractivity contribution is 6.33. The van der Waals surface area contributed by atoms with Crippen LogP contribution in [0.25, 0.3) is 0 Å². The summed E-state index contributed by atoms with van der Waals surface area (Å²) in [5.41, 5.74) is 2.21. The number of carbonyl (C=O) groups excluding carboxylic acids is 1. The van der Waals surface area contributed by atoms with Gasteiger partial charge >= 0.3 is 0 Å². The molecule has 6 heteroatoms. The number of carbonyl (C=O) groups is 1. The van der Waals surface area contributed by atoms with Crippen molar-refractivity contribution in [1.82, 2.24) is 4.98 Å². The molecule has 0 atom stereocenters. The Morgan fingerprint density at radius 2 is 1.91 bits per heavy atom. The molecule has 2 aromatic rings. The van der Waals surface area contributed by atoms with Crippen LogP contribution < -0.4 is 10.2 Å². The number of aromatic nitrogens is 1. The molecule has 2 heterocycles. The van der Waals surface area contributed by atoms with Gasteiger partial charge in [0.1, 0.15) is 5.15 Å². The van der Waals surface area contributed by atoms with Crippen LogP contribution in [-0.2, 0) is 4.74 Å². The number of anilines is 2. The maximum absolute atomic E-state index is 12.2. The smallest absolute Gasteiger partial charge is 0.258 e. The standard InChI is InChI=1S/C16H16ClN3O2/c17-15-14(2-1-7-18-15)16(21)19-12-3-5-13(6-4-12)20-8-10-22-11-9-20/h1-7H,8-11H2,(H,19,21). The second-order valence-corrected chi connectivity index (χ2v) is 5.30. The first kappa shape index (κ1) is 14.8. The lowest BCUT2D eigenvalue weighted by Gasteiger charge is -2.28. The van der Waals surface area contributed by atoms with E-state index in [-0.39, 0.29) is 11.1 Å². The molecule has 1 N–H and O–H groups in total. The van der Waals surface area contributed by atoms with Crippen LogP contribution in [0.5, 0.6) is 0 Å². The Balaban J connectivity index is 1.68. The number of nitrogens with one attached hydrogen (secondary N) is 1. The maximum Gasteiger partial charge on any atom is 0.258 e. The topological polar surface area (TPSA) is 54.5 Å². The number of morpholine rings is 1. The van der Waals surface area contributed by atoms with Crippen LogP contribution in [0.4, 0.5) is 11.4 Å². The van der Waals surface area contributed by atoms with Gasteiger partial charge in [-0.3, -0.25) is 4.79 Å². The summed E-state index contributed by atoms with van der Waals surface area (Å²) >= 11 is 5.92. The van der Waals surface area contributed by atoms with Gasteiger partial charge in [0, 0.05) is 30.7 Å². The summed E-state index contributed by atoms with van der Waals surface area (Å²) in [6, 6.07) is 11.1. The summed E-state index contributed by atoms with van der Waals surface area (Å²) < 4.78 is 5.34. The number of amides is 1. The van der Waals surface area contributed by atoms with Gasteiger partial charge in [-0.05, 0) is 36.4 Å². The average Bonchev–Trinajstić information content (AvgIpc) is 2.57. The van der Waals surface area contributed by atoms with Crippen molar-refractivity contribution in [3.05, 3.63) is 53.3 Å². The van der Waals surface area contributed by atoms with Gasteiger partial charge in [0.25, 0.3) is 5.91 Å². The zero-order valence-corrected chi connectivity index (χ0v) is 12.7. The van der Waals surface area contributed by atoms with Gasteiger partial charge in [0.05, 0.1) is 18.8 Å². The summed E-state index contributed by atoms with van der Waals surface area (Å²) in [5.74, 6) is -0.266. The monoisotopic (exact) mass is 317 g/mol. The molecule has 0 spiro atoms. The second-order valence-electron chi connectivity index (χ2n) is 4.94. The van der Waals surface area contributed by atoms with Crippen LogP contribution in [0.15, 0.2) is 42.6 Å². The molecule has 1 aromatic carbocycles. The van der Waals surface area contributed by atoms with E-state index in [2.05, 4.69) is 15.2 Å². The Labute approximate surface area is 133 Å². The second kappa shape index (κ2) is 6.77. The number of ether oxygens (including phenoxy) is 1. The number of halogens is 1. The number of benzene rings is 1. The SMILES string of the molecule is O=C(Nc1ccc(N2CCOCC2)cc1)c1cccnc1Cl. The van der Waals surface area contributed by atoms with E-state index in [1.165, 1.54) is 0 Å². The third kappa shape index (κ3) is 3.37. The molecule has 1 aliphatic rings. The number of hydrogen-bond donors (Lipinski definition) is 1. The first-order chi connectivity index (χ1) is 10.7. The molecule has 1 aromatic heterocycles. The van der Waals surface area contributed by atoms with Crippen molar-refractivity contribution in [3.8, 4) is 0 Å². The van der Waals surface area contributed by atoms with Crippen LogP contribution in [0.2, 0.25) is 5.15 Å². The minimum atomic E-state index is -0.266. The summed E-state index contributed by atoms with van der Waals surface area (Å²) in [6.07, 6.45) is 1.55. The van der Waals surface area contributed by atoms with Gasteiger partial charge in [0.2, 0.25) is 0 Å². The number of pyridine rings is 1. The molecule has 0 bridgehead atoms. The molecule has 0 saturated carbocycles. The molecule has 114 valence electrons. The minimum Gasteiger partial charge on any atom is -0.378 e. The molecule has 0 unspecified atom stereocenters. The Morgan fingerprint density at radius 3 is 2.59 bits per heavy atom. The van der Waals surface area contributed by atoms with Crippen molar-refractivity contribution in [2.75, 3.05) is 36.5 Å². The Bertz CT molecular complexity index is 655. The Hall–Kier alpha value is -2.11. The fraction of sp³-hybridized carbons (Fsp3) is 0.250. The number of nitrogens with zero attached hydrogens (tertiary/aromatic N) is 2. The van der Waals surface area contributed by atoms with Crippen LogP contribution in [-0.4, -0.2) is 37.2 Å². The molecule has 0 aliphatic carbocycles. The summed E-state index contributed by atoms with van der Waals surface area (Å²) in [6.45, 7) is 3.27. The van der Waals surface area contributed by atoms with E-state index < -0.39 is 0 Å². The van der Waals surface area contributed by atoms with E-state index in [0.29, 0.717) is 5.56 Å². The van der Waals surface area contributed by atoms with Crippen LogP contribution >= 0.6 is 11.6 Å². The fourth-order valence-corrected chi connectivity index (χ4v) is 2.54. The quantitative estimate of drug-likeness (QED) is 0.884. The lowest BCUT2D eigenvalue weighted by atomic mass is 10.2. The highest BCUT2D eigenvalue weighted by Crippen LogP contribution is 2.20. The van der Waals surface area contributed by atoms with Crippen LogP contribution in [0.3, 0.4) is 0 Å². The van der Waals surface area contributed by atoms with Crippen LogP contribution in [0, 0.1) is 0 Å². The molecular formula is C16H16ClN3O2. The Morgan fingerprint density at radius 1 is 1.18 bits per heavy atom. The normalized spacial score (nSPS) is 14.7. The fourth-order valence-electron chi connectivity index (χ4n) is 2.33. The molecule has 0 radical (unpaired) electrons. The molecule has 5 nitrogen and oxygen atoms in total. The van der Waals surface area contributed by atoms with E-state index in [1.807, 2.05) is 24.3 Å². The first-order valence-corrected chi connectivity index (χ1v) is 7.46. The Kier molecular flexibility index (Phi) is 4.56. The minimum absolute atomic E-state index is 0.199. The zero-order valence-electron chi connectivity index (χ0n) is 12.0. The average molecular weight is 318 g/mol. The largest absolute Gasteiger partial charge is 0.378 e. The summed E-state index contributed by atoms with van der Waals surface area (Å²) in [5, 5.41) is 3.02. The highest BCUT2D eigenvalue weighted by atomic mass is 35.5. The zero-order chi connectivity index (χ0) is 15.4. The number of rotatable bonds is 3. The van der Waals surface area contributed by atoms with Crippen molar-refractivity contribution in [3.63, 3.8) is 0 Å². The van der Waals surface area contributed by atoms with Gasteiger partial charge in [-0.1, -0.05) is 11.6 Å². The summed E-state index contributed by atoms with van der Waals surface area (Å²) in [7, 11) is 0. The molecule has 1 aliphatic heterocycles. The van der Waals surface area contributed by atoms with Gasteiger partial charge in [-0.15, -0.1) is 0 Å². The third-order valence-corrected chi connectivity index (χ3v) is 3.81. The first-order valence-electron chi connectivity index (χ1n) is 7.09. The van der Waals surface area contributed by atoms with Crippen LogP contribution in [0.1, 0.15) is 10.4 Å². The molecule has 1 fully saturated rings. The van der Waals surface area contributed by atoms with Gasteiger partial charge < -0.3 is 15.0 Å². The highest BCUT2D eigenvalue weighted by Gasteiger charge is 2.13. The van der Waals surface area contributed by atoms with Crippen molar-refractivity contribution in [2.45, 2.75) is 0 Å². The molecule has 22 heavy (non-hydrogen) atoms. The lowest BCUT2D eigenvalue weighted by Crippen LogP contribution is -2.36. The maximum atomic E-state index is 12.2. The van der Waals surface area contributed by atoms with Crippen molar-refractivity contribution >= 4 is 28.9 Å². The van der Waals surface area contributed by atoms with E-state index in [9.17, 15) is 4.79 Å². The molecule has 3 rings (SSSR count). The van der Waals surface area contributed by atoms with Crippen molar-refractivity contribution in [1.29, 1.82) is 0 Å². The molecule has 1 amide bonds. The van der Waals surface area contributed by atoms with Gasteiger partial charge in [-0.2, -0.15) is 0 Å². The van der Waals surface area contributed by atoms with Crippen molar-refractivity contribution < 1.29 is 9.53 Å². The summed E-state index contributed by atoms with van der Waals surface area (Å²) in [4.78, 5) is 18.3. The van der Waals surface area contributed by atoms with E-state index in [0.717, 1.165) is 37.7 Å². The third-order valence-electron chi connectivity index (χ3n) is 3.51. The molecular weight excluding hydrogens is 302 g/mol. The molecule has 1 saturated heterocycles. The van der Waals surface area contributed by atoms with E-state index >= 15 is 0 Å². The number of hydrogen-bond acceptors (Lipinski definition) is 4. The predicted molar refractivity (Wildman–Crippen MR) is 86.7 cm³/mol. The van der Waals surface area contributed by atoms with Gasteiger partial charge in [0.15, 0.2) is 0 Å². The van der Waals surface area contributed by atoms with E-state index in [4.69, 9.17) is 16.3 Å². The predicted octanol–water partition coefficient (Wildman–Crippen LogP) is 2.82. The van der Waals surface area contributed by atoms with Crippen molar-refractivity contribution in [2.24, 2.45) is 0 Å². The van der Waals surface area contributed by atoms with Gasteiger partial charge in [-0.25, -0.2) is 4.98 Å². The lowest BCUT2D eigenvalue weighted by molar-refractivity contribution is 0.102. The van der Waals surface area contributed by atoms with E-state index in [1.54, 1.807) is 18.3 Å².